The van der Waals surface area contributed by atoms with Crippen molar-refractivity contribution in [2.75, 3.05) is 33.0 Å². The lowest BCUT2D eigenvalue weighted by atomic mass is 9.98. The number of carbonyl (C=O) groups excluding carboxylic acids is 1. The molecule has 0 radical (unpaired) electrons. The molecule has 0 saturated heterocycles. The normalized spacial score (nSPS) is 13.3. The van der Waals surface area contributed by atoms with Crippen LogP contribution in [0.2, 0.25) is 0 Å². The van der Waals surface area contributed by atoms with Gasteiger partial charge in [0.05, 0.1) is 24.2 Å². The van der Waals surface area contributed by atoms with E-state index in [9.17, 15) is 18.3 Å². The van der Waals surface area contributed by atoms with Gasteiger partial charge in [0.1, 0.15) is 5.75 Å². The van der Waals surface area contributed by atoms with Gasteiger partial charge in [-0.2, -0.15) is 4.31 Å². The van der Waals surface area contributed by atoms with Crippen molar-refractivity contribution >= 4 is 21.6 Å². The van der Waals surface area contributed by atoms with Gasteiger partial charge in [-0.25, -0.2) is 8.42 Å². The zero-order valence-electron chi connectivity index (χ0n) is 23.2. The number of sulfonamides is 1. The first-order chi connectivity index (χ1) is 18.4. The number of benzene rings is 3. The van der Waals surface area contributed by atoms with Crippen molar-refractivity contribution in [1.29, 1.82) is 0 Å². The minimum Gasteiger partial charge on any atom is -0.497 e. The van der Waals surface area contributed by atoms with Crippen LogP contribution in [0.25, 0.3) is 0 Å². The summed E-state index contributed by atoms with van der Waals surface area (Å²) >= 11 is 0. The highest BCUT2D eigenvalue weighted by molar-refractivity contribution is 7.89. The van der Waals surface area contributed by atoms with E-state index in [4.69, 9.17) is 10.5 Å². The second-order valence-electron chi connectivity index (χ2n) is 10.2. The Morgan fingerprint density at radius 3 is 2.21 bits per heavy atom. The lowest BCUT2D eigenvalue weighted by Gasteiger charge is -2.35. The van der Waals surface area contributed by atoms with Crippen LogP contribution in [0.1, 0.15) is 35.3 Å². The molecule has 0 aliphatic rings. The van der Waals surface area contributed by atoms with Gasteiger partial charge in [0, 0.05) is 31.4 Å². The Bertz CT molecular complexity index is 1340. The van der Waals surface area contributed by atoms with Gasteiger partial charge in [0.2, 0.25) is 10.0 Å². The van der Waals surface area contributed by atoms with E-state index in [1.807, 2.05) is 44.2 Å². The molecule has 3 rings (SSSR count). The summed E-state index contributed by atoms with van der Waals surface area (Å²) in [5.74, 6) is 0.254. The van der Waals surface area contributed by atoms with Gasteiger partial charge in [-0.05, 0) is 66.8 Å². The van der Waals surface area contributed by atoms with Crippen molar-refractivity contribution in [3.05, 3.63) is 89.5 Å². The maximum absolute atomic E-state index is 13.7. The Morgan fingerprint density at radius 2 is 1.62 bits per heavy atom. The first kappa shape index (κ1) is 30.1. The molecule has 0 aliphatic heterocycles. The van der Waals surface area contributed by atoms with Crippen LogP contribution in [-0.2, 0) is 16.4 Å². The Labute approximate surface area is 232 Å². The number of nitrogens with zero attached hydrogens (tertiary/aromatic N) is 2. The van der Waals surface area contributed by atoms with Gasteiger partial charge in [-0.15, -0.1) is 0 Å². The molecule has 3 aromatic rings. The van der Waals surface area contributed by atoms with E-state index in [2.05, 4.69) is 0 Å². The zero-order chi connectivity index (χ0) is 28.7. The molecule has 0 spiro atoms. The third-order valence-corrected chi connectivity index (χ3v) is 8.66. The minimum absolute atomic E-state index is 0.00658. The molecule has 0 aliphatic carbocycles. The number of hydrogen-bond donors (Lipinski definition) is 2. The maximum Gasteiger partial charge on any atom is 0.254 e. The zero-order valence-corrected chi connectivity index (χ0v) is 24.1. The summed E-state index contributed by atoms with van der Waals surface area (Å²) in [4.78, 5) is 15.2. The topological polar surface area (TPSA) is 113 Å². The number of nitrogens with two attached hydrogens (primary N) is 1. The van der Waals surface area contributed by atoms with Crippen molar-refractivity contribution in [3.8, 4) is 5.75 Å². The fourth-order valence-corrected chi connectivity index (χ4v) is 6.14. The summed E-state index contributed by atoms with van der Waals surface area (Å²) in [6.45, 7) is 5.64. The monoisotopic (exact) mass is 553 g/mol. The van der Waals surface area contributed by atoms with Crippen LogP contribution >= 0.6 is 0 Å². The summed E-state index contributed by atoms with van der Waals surface area (Å²) in [6.07, 6.45) is -0.837. The van der Waals surface area contributed by atoms with Gasteiger partial charge in [-0.3, -0.25) is 4.79 Å². The van der Waals surface area contributed by atoms with Gasteiger partial charge >= 0.3 is 0 Å². The Morgan fingerprint density at radius 1 is 0.974 bits per heavy atom. The van der Waals surface area contributed by atoms with E-state index in [1.165, 1.54) is 28.4 Å². The van der Waals surface area contributed by atoms with E-state index in [0.29, 0.717) is 29.0 Å². The van der Waals surface area contributed by atoms with Crippen molar-refractivity contribution in [1.82, 2.24) is 9.21 Å². The Balaban J connectivity index is 1.96. The first-order valence-corrected chi connectivity index (χ1v) is 14.4. The predicted molar refractivity (Wildman–Crippen MR) is 154 cm³/mol. The second-order valence-corrected chi connectivity index (χ2v) is 12.1. The fourth-order valence-electron chi connectivity index (χ4n) is 4.52. The molecule has 0 unspecified atom stereocenters. The number of anilines is 1. The number of ether oxygens (including phenoxy) is 1. The Kier molecular flexibility index (Phi) is 10.1. The molecule has 3 N–H and O–H groups in total. The number of hydrogen-bond acceptors (Lipinski definition) is 6. The maximum atomic E-state index is 13.7. The number of aliphatic hydroxyl groups is 1. The van der Waals surface area contributed by atoms with Crippen molar-refractivity contribution < 1.29 is 23.1 Å². The Hall–Kier alpha value is -3.40. The highest BCUT2D eigenvalue weighted by Gasteiger charge is 2.34. The number of rotatable bonds is 12. The quantitative estimate of drug-likeness (QED) is 0.328. The van der Waals surface area contributed by atoms with Crippen LogP contribution in [-0.4, -0.2) is 68.0 Å². The number of carbonyl (C=O) groups is 1. The van der Waals surface area contributed by atoms with E-state index in [1.54, 1.807) is 44.3 Å². The molecule has 9 heteroatoms. The van der Waals surface area contributed by atoms with Crippen LogP contribution < -0.4 is 10.5 Å². The molecule has 0 saturated carbocycles. The molecule has 1 amide bonds. The number of aliphatic hydroxyl groups excluding tert-OH is 1. The largest absolute Gasteiger partial charge is 0.497 e. The van der Waals surface area contributed by atoms with E-state index >= 15 is 0 Å². The minimum atomic E-state index is -3.94. The molecule has 2 atom stereocenters. The summed E-state index contributed by atoms with van der Waals surface area (Å²) in [6, 6.07) is 20.1. The van der Waals surface area contributed by atoms with Crippen LogP contribution in [0, 0.1) is 12.8 Å². The number of nitrogen functional groups attached to an aromatic ring is 1. The van der Waals surface area contributed by atoms with Crippen LogP contribution in [0.3, 0.4) is 0 Å². The molecule has 0 aromatic heterocycles. The molecule has 0 bridgehead atoms. The molecule has 210 valence electrons. The smallest absolute Gasteiger partial charge is 0.254 e. The van der Waals surface area contributed by atoms with Crippen LogP contribution in [0.5, 0.6) is 5.75 Å². The highest BCUT2D eigenvalue weighted by atomic mass is 32.2. The van der Waals surface area contributed by atoms with E-state index < -0.39 is 22.2 Å². The summed E-state index contributed by atoms with van der Waals surface area (Å²) in [5.41, 5.74) is 8.56. The standard InChI is InChI=1S/C30H39N3O5S/c1-21(2)19-33(39(36,37)25-16-14-24(38-5)15-17-25)20-29(34)28(18-23-10-7-6-8-11-23)32(4)30(35)26-12-9-13-27(31)22(26)3/h6-17,21,28-29,34H,18-20,31H2,1-5H3/t28-,29+/m0/s1. The summed E-state index contributed by atoms with van der Waals surface area (Å²) in [7, 11) is -0.789. The van der Waals surface area contributed by atoms with Gasteiger partial charge < -0.3 is 20.5 Å². The molecular weight excluding hydrogens is 514 g/mol. The van der Waals surface area contributed by atoms with Crippen molar-refractivity contribution in [2.45, 2.75) is 44.2 Å². The number of likely N-dealkylation sites (N-methyl/N-ethyl adjacent to an activating group) is 1. The summed E-state index contributed by atoms with van der Waals surface area (Å²) < 4.78 is 33.8. The lowest BCUT2D eigenvalue weighted by molar-refractivity contribution is 0.0370. The van der Waals surface area contributed by atoms with E-state index in [0.717, 1.165) is 5.56 Å². The third-order valence-electron chi connectivity index (χ3n) is 6.81. The second kappa shape index (κ2) is 13.1. The average Bonchev–Trinajstić information content (AvgIpc) is 2.92. The molecule has 39 heavy (non-hydrogen) atoms. The SMILES string of the molecule is COc1ccc(S(=O)(=O)N(CC(C)C)C[C@@H](O)[C@H](Cc2ccccc2)N(C)C(=O)c2cccc(N)c2C)cc1. The van der Waals surface area contributed by atoms with Crippen LogP contribution in [0.15, 0.2) is 77.7 Å². The van der Waals surface area contributed by atoms with E-state index in [-0.39, 0.29) is 29.8 Å². The number of methoxy groups -OCH3 is 1. The molecule has 8 nitrogen and oxygen atoms in total. The summed E-state index contributed by atoms with van der Waals surface area (Å²) in [5, 5.41) is 11.6. The van der Waals surface area contributed by atoms with Crippen molar-refractivity contribution in [3.63, 3.8) is 0 Å². The third kappa shape index (κ3) is 7.38. The molecule has 3 aromatic carbocycles. The molecule has 0 heterocycles. The van der Waals surface area contributed by atoms with Gasteiger partial charge in [-0.1, -0.05) is 50.2 Å². The van der Waals surface area contributed by atoms with Gasteiger partial charge in [0.15, 0.2) is 0 Å². The lowest BCUT2D eigenvalue weighted by Crippen LogP contribution is -2.51. The van der Waals surface area contributed by atoms with Crippen LogP contribution in [0.4, 0.5) is 5.69 Å². The van der Waals surface area contributed by atoms with Crippen molar-refractivity contribution in [2.24, 2.45) is 5.92 Å². The fraction of sp³-hybridized carbons (Fsp3) is 0.367. The molecular formula is C30H39N3O5S. The molecule has 0 fully saturated rings. The predicted octanol–water partition coefficient (Wildman–Crippen LogP) is 3.98. The number of amides is 1. The average molecular weight is 554 g/mol. The highest BCUT2D eigenvalue weighted by Crippen LogP contribution is 2.24. The van der Waals surface area contributed by atoms with Gasteiger partial charge in [0.25, 0.3) is 5.91 Å². The first-order valence-electron chi connectivity index (χ1n) is 12.9.